The normalized spacial score (nSPS) is 23.4. The number of likely N-dealkylation sites (tertiary alicyclic amines) is 1. The lowest BCUT2D eigenvalue weighted by atomic mass is 10.0. The summed E-state index contributed by atoms with van der Waals surface area (Å²) in [5.41, 5.74) is 6.37. The molecule has 1 aliphatic rings. The van der Waals surface area contributed by atoms with Crippen molar-refractivity contribution in [2.24, 2.45) is 11.7 Å². The second kappa shape index (κ2) is 7.23. The van der Waals surface area contributed by atoms with Crippen molar-refractivity contribution in [1.29, 1.82) is 0 Å². The Kier molecular flexibility index (Phi) is 5.87. The molecule has 2 N–H and O–H groups in total. The van der Waals surface area contributed by atoms with E-state index in [4.69, 9.17) is 17.3 Å². The van der Waals surface area contributed by atoms with E-state index < -0.39 is 0 Å². The summed E-state index contributed by atoms with van der Waals surface area (Å²) < 4.78 is 0.849. The lowest BCUT2D eigenvalue weighted by Gasteiger charge is -2.33. The quantitative estimate of drug-likeness (QED) is 0.875. The van der Waals surface area contributed by atoms with Gasteiger partial charge < -0.3 is 10.6 Å². The Balaban J connectivity index is 2.06. The van der Waals surface area contributed by atoms with Gasteiger partial charge in [0.05, 0.1) is 10.4 Å². The van der Waals surface area contributed by atoms with Gasteiger partial charge in [-0.3, -0.25) is 4.90 Å². The number of halogens is 1. The first-order chi connectivity index (χ1) is 9.51. The third-order valence-electron chi connectivity index (χ3n) is 4.27. The third-order valence-corrected chi connectivity index (χ3v) is 5.57. The van der Waals surface area contributed by atoms with Crippen LogP contribution in [0.4, 0.5) is 0 Å². The van der Waals surface area contributed by atoms with Crippen molar-refractivity contribution in [3.8, 4) is 0 Å². The highest BCUT2D eigenvalue weighted by molar-refractivity contribution is 7.16. The first-order valence-corrected chi connectivity index (χ1v) is 8.60. The van der Waals surface area contributed by atoms with E-state index in [9.17, 15) is 0 Å². The number of likely N-dealkylation sites (N-methyl/N-ethyl adjacent to an activating group) is 1. The van der Waals surface area contributed by atoms with E-state index in [-0.39, 0.29) is 12.1 Å². The summed E-state index contributed by atoms with van der Waals surface area (Å²) >= 11 is 7.76. The van der Waals surface area contributed by atoms with Crippen molar-refractivity contribution < 1.29 is 0 Å². The van der Waals surface area contributed by atoms with Gasteiger partial charge in [0, 0.05) is 24.0 Å². The molecule has 2 heterocycles. The first kappa shape index (κ1) is 16.2. The molecule has 1 fully saturated rings. The molecule has 114 valence electrons. The van der Waals surface area contributed by atoms with Crippen LogP contribution in [-0.2, 0) is 0 Å². The van der Waals surface area contributed by atoms with Gasteiger partial charge in [0.1, 0.15) is 0 Å². The van der Waals surface area contributed by atoms with Crippen LogP contribution >= 0.6 is 22.9 Å². The smallest absolute Gasteiger partial charge is 0.0931 e. The molecule has 0 radical (unpaired) electrons. The Bertz CT molecular complexity index is 423. The largest absolute Gasteiger partial charge is 0.326 e. The minimum atomic E-state index is 0.161. The summed E-state index contributed by atoms with van der Waals surface area (Å²) in [5, 5.41) is 0. The number of thiophene rings is 1. The van der Waals surface area contributed by atoms with Gasteiger partial charge in [-0.15, -0.1) is 11.3 Å². The molecular formula is C15H26ClN3S. The van der Waals surface area contributed by atoms with Crippen molar-refractivity contribution in [2.75, 3.05) is 33.7 Å². The van der Waals surface area contributed by atoms with Crippen LogP contribution in [0, 0.1) is 5.92 Å². The van der Waals surface area contributed by atoms with Crippen LogP contribution in [0.25, 0.3) is 0 Å². The Morgan fingerprint density at radius 1 is 1.55 bits per heavy atom. The zero-order valence-corrected chi connectivity index (χ0v) is 14.3. The van der Waals surface area contributed by atoms with Crippen molar-refractivity contribution in [3.63, 3.8) is 0 Å². The van der Waals surface area contributed by atoms with E-state index in [1.165, 1.54) is 24.4 Å². The second-order valence-corrected chi connectivity index (χ2v) is 7.76. The van der Waals surface area contributed by atoms with E-state index in [1.54, 1.807) is 11.3 Å². The van der Waals surface area contributed by atoms with E-state index in [0.717, 1.165) is 23.2 Å². The fourth-order valence-electron chi connectivity index (χ4n) is 3.16. The topological polar surface area (TPSA) is 32.5 Å². The molecule has 0 bridgehead atoms. The van der Waals surface area contributed by atoms with Crippen LogP contribution in [0.5, 0.6) is 0 Å². The standard InChI is InChI=1S/C15H26ClN3S/c1-4-12(17)15(13-5-6-14(16)20-13)19(3)10-11-7-8-18(2)9-11/h5-6,11-12,15H,4,7-10,17H2,1-3H3. The van der Waals surface area contributed by atoms with Gasteiger partial charge in [0.15, 0.2) is 0 Å². The van der Waals surface area contributed by atoms with Crippen LogP contribution in [0.1, 0.15) is 30.7 Å². The molecule has 0 amide bonds. The minimum absolute atomic E-state index is 0.161. The highest BCUT2D eigenvalue weighted by Crippen LogP contribution is 2.33. The van der Waals surface area contributed by atoms with Crippen LogP contribution < -0.4 is 5.73 Å². The van der Waals surface area contributed by atoms with Gasteiger partial charge in [0.25, 0.3) is 0 Å². The molecule has 0 aromatic carbocycles. The third kappa shape index (κ3) is 3.95. The van der Waals surface area contributed by atoms with E-state index in [1.807, 2.05) is 6.07 Å². The summed E-state index contributed by atoms with van der Waals surface area (Å²) in [7, 11) is 4.40. The molecule has 0 aliphatic carbocycles. The molecular weight excluding hydrogens is 290 g/mol. The maximum atomic E-state index is 6.37. The van der Waals surface area contributed by atoms with Crippen LogP contribution in [-0.4, -0.2) is 49.6 Å². The van der Waals surface area contributed by atoms with Crippen molar-refractivity contribution in [2.45, 2.75) is 31.8 Å². The Morgan fingerprint density at radius 2 is 2.30 bits per heavy atom. The fraction of sp³-hybridized carbons (Fsp3) is 0.733. The fourth-order valence-corrected chi connectivity index (χ4v) is 4.46. The lowest BCUT2D eigenvalue weighted by Crippen LogP contribution is -2.40. The number of nitrogens with two attached hydrogens (primary N) is 1. The van der Waals surface area contributed by atoms with Crippen LogP contribution in [0.2, 0.25) is 4.34 Å². The highest BCUT2D eigenvalue weighted by Gasteiger charge is 2.28. The van der Waals surface area contributed by atoms with Crippen molar-refractivity contribution in [3.05, 3.63) is 21.3 Å². The molecule has 20 heavy (non-hydrogen) atoms. The Labute approximate surface area is 131 Å². The second-order valence-electron chi connectivity index (χ2n) is 6.02. The summed E-state index contributed by atoms with van der Waals surface area (Å²) in [6.45, 7) is 5.68. The van der Waals surface area contributed by atoms with Crippen molar-refractivity contribution >= 4 is 22.9 Å². The first-order valence-electron chi connectivity index (χ1n) is 7.40. The zero-order chi connectivity index (χ0) is 14.7. The SMILES string of the molecule is CCC(N)C(c1ccc(Cl)s1)N(C)CC1CCN(C)C1. The molecule has 0 spiro atoms. The number of nitrogens with zero attached hydrogens (tertiary/aromatic N) is 2. The summed E-state index contributed by atoms with van der Waals surface area (Å²) in [6, 6.07) is 4.55. The molecule has 0 saturated carbocycles. The molecule has 1 saturated heterocycles. The predicted octanol–water partition coefficient (Wildman–Crippen LogP) is 3.06. The van der Waals surface area contributed by atoms with Gasteiger partial charge in [-0.1, -0.05) is 18.5 Å². The average Bonchev–Trinajstić information content (AvgIpc) is 2.99. The van der Waals surface area contributed by atoms with Gasteiger partial charge in [0.2, 0.25) is 0 Å². The molecule has 3 atom stereocenters. The van der Waals surface area contributed by atoms with Gasteiger partial charge in [-0.2, -0.15) is 0 Å². The Hall–Kier alpha value is -0.130. The number of rotatable bonds is 6. The van der Waals surface area contributed by atoms with Crippen LogP contribution in [0.15, 0.2) is 12.1 Å². The summed E-state index contributed by atoms with van der Waals surface area (Å²) in [5.74, 6) is 0.756. The van der Waals surface area contributed by atoms with E-state index in [0.29, 0.717) is 0 Å². The Morgan fingerprint density at radius 3 is 2.80 bits per heavy atom. The molecule has 2 rings (SSSR count). The van der Waals surface area contributed by atoms with Gasteiger partial charge in [-0.05, 0) is 51.5 Å². The average molecular weight is 316 g/mol. The minimum Gasteiger partial charge on any atom is -0.326 e. The monoisotopic (exact) mass is 315 g/mol. The number of hydrogen-bond donors (Lipinski definition) is 1. The maximum Gasteiger partial charge on any atom is 0.0931 e. The van der Waals surface area contributed by atoms with E-state index >= 15 is 0 Å². The van der Waals surface area contributed by atoms with E-state index in [2.05, 4.69) is 36.9 Å². The molecule has 5 heteroatoms. The van der Waals surface area contributed by atoms with Gasteiger partial charge >= 0.3 is 0 Å². The molecule has 1 aromatic heterocycles. The van der Waals surface area contributed by atoms with Crippen LogP contribution in [0.3, 0.4) is 0 Å². The van der Waals surface area contributed by atoms with Gasteiger partial charge in [-0.25, -0.2) is 0 Å². The summed E-state index contributed by atoms with van der Waals surface area (Å²) in [4.78, 5) is 6.13. The lowest BCUT2D eigenvalue weighted by molar-refractivity contribution is 0.183. The summed E-state index contributed by atoms with van der Waals surface area (Å²) in [6.07, 6.45) is 2.27. The highest BCUT2D eigenvalue weighted by atomic mass is 35.5. The zero-order valence-electron chi connectivity index (χ0n) is 12.7. The van der Waals surface area contributed by atoms with Crippen molar-refractivity contribution in [1.82, 2.24) is 9.80 Å². The molecule has 1 aliphatic heterocycles. The maximum absolute atomic E-state index is 6.37. The number of hydrogen-bond acceptors (Lipinski definition) is 4. The molecule has 3 nitrogen and oxygen atoms in total. The molecule has 3 unspecified atom stereocenters. The molecule has 1 aromatic rings. The predicted molar refractivity (Wildman–Crippen MR) is 88.6 cm³/mol.